The molecular formula is C17H10F6N4O2. The topological polar surface area (TPSA) is 79.1 Å². The van der Waals surface area contributed by atoms with Crippen molar-refractivity contribution in [2.75, 3.05) is 11.4 Å². The summed E-state index contributed by atoms with van der Waals surface area (Å²) in [6.45, 7) is -2.17. The number of nitrogens with zero attached hydrogens (tertiary/aromatic N) is 4. The third-order valence-electron chi connectivity index (χ3n) is 3.73. The maximum atomic E-state index is 13.2. The van der Waals surface area contributed by atoms with E-state index < -0.39 is 42.3 Å². The number of aromatic nitrogens is 2. The predicted molar refractivity (Wildman–Crippen MR) is 85.3 cm³/mol. The molecule has 0 atom stereocenters. The molecule has 2 aromatic heterocycles. The van der Waals surface area contributed by atoms with E-state index in [4.69, 9.17) is 14.1 Å². The average Bonchev–Trinajstić information content (AvgIpc) is 3.30. The summed E-state index contributed by atoms with van der Waals surface area (Å²) in [5.74, 6) is -0.264. The Morgan fingerprint density at radius 2 is 1.83 bits per heavy atom. The molecule has 0 aliphatic rings. The van der Waals surface area contributed by atoms with Crippen molar-refractivity contribution in [1.82, 2.24) is 10.2 Å². The first-order chi connectivity index (χ1) is 13.6. The van der Waals surface area contributed by atoms with E-state index in [2.05, 4.69) is 10.2 Å². The fourth-order valence-electron chi connectivity index (χ4n) is 2.50. The average molecular weight is 416 g/mol. The second kappa shape index (κ2) is 7.50. The lowest BCUT2D eigenvalue weighted by Crippen LogP contribution is -2.34. The van der Waals surface area contributed by atoms with Gasteiger partial charge in [-0.05, 0) is 24.3 Å². The van der Waals surface area contributed by atoms with Crippen LogP contribution in [0.1, 0.15) is 17.0 Å². The number of benzene rings is 1. The smallest absolute Gasteiger partial charge is 0.417 e. The van der Waals surface area contributed by atoms with E-state index >= 15 is 0 Å². The molecule has 3 aromatic rings. The van der Waals surface area contributed by atoms with Crippen LogP contribution in [-0.4, -0.2) is 22.9 Å². The van der Waals surface area contributed by atoms with Crippen molar-refractivity contribution in [1.29, 1.82) is 5.26 Å². The van der Waals surface area contributed by atoms with Crippen LogP contribution >= 0.6 is 0 Å². The first-order valence-corrected chi connectivity index (χ1v) is 7.85. The summed E-state index contributed by atoms with van der Waals surface area (Å²) >= 11 is 0. The van der Waals surface area contributed by atoms with E-state index in [-0.39, 0.29) is 11.8 Å². The molecule has 152 valence electrons. The maximum absolute atomic E-state index is 13.2. The highest BCUT2D eigenvalue weighted by Gasteiger charge is 2.36. The van der Waals surface area contributed by atoms with Gasteiger partial charge in [0.2, 0.25) is 5.89 Å². The monoisotopic (exact) mass is 416 g/mol. The Labute approximate surface area is 159 Å². The Bertz CT molecular complexity index is 1020. The first kappa shape index (κ1) is 20.2. The lowest BCUT2D eigenvalue weighted by atomic mass is 10.1. The highest BCUT2D eigenvalue weighted by Crippen LogP contribution is 2.35. The molecule has 29 heavy (non-hydrogen) atoms. The predicted octanol–water partition coefficient (Wildman–Crippen LogP) is 4.79. The molecule has 1 aromatic carbocycles. The number of nitriles is 1. The van der Waals surface area contributed by atoms with Crippen LogP contribution in [-0.2, 0) is 12.7 Å². The summed E-state index contributed by atoms with van der Waals surface area (Å²) in [7, 11) is 0. The molecular weight excluding hydrogens is 406 g/mol. The molecule has 0 saturated heterocycles. The van der Waals surface area contributed by atoms with Gasteiger partial charge in [0.05, 0.1) is 35.6 Å². The normalized spacial score (nSPS) is 12.0. The zero-order chi connectivity index (χ0) is 21.2. The Morgan fingerprint density at radius 3 is 2.41 bits per heavy atom. The van der Waals surface area contributed by atoms with Gasteiger partial charge in [0, 0.05) is 5.69 Å². The van der Waals surface area contributed by atoms with Gasteiger partial charge in [-0.1, -0.05) is 0 Å². The number of rotatable bonds is 5. The molecule has 0 spiro atoms. The second-order valence-electron chi connectivity index (χ2n) is 5.82. The van der Waals surface area contributed by atoms with Gasteiger partial charge in [-0.2, -0.15) is 31.6 Å². The molecule has 0 aliphatic carbocycles. The fourth-order valence-corrected chi connectivity index (χ4v) is 2.50. The lowest BCUT2D eigenvalue weighted by Gasteiger charge is -2.25. The number of alkyl halides is 6. The molecule has 0 aliphatic heterocycles. The van der Waals surface area contributed by atoms with Crippen LogP contribution in [0.3, 0.4) is 0 Å². The van der Waals surface area contributed by atoms with E-state index in [1.807, 2.05) is 0 Å². The van der Waals surface area contributed by atoms with E-state index in [1.165, 1.54) is 24.7 Å². The Hall–Kier alpha value is -3.49. The zero-order valence-corrected chi connectivity index (χ0v) is 14.3. The van der Waals surface area contributed by atoms with Crippen molar-refractivity contribution in [2.24, 2.45) is 0 Å². The number of hydrogen-bond donors (Lipinski definition) is 0. The van der Waals surface area contributed by atoms with Crippen molar-refractivity contribution in [3.63, 3.8) is 0 Å². The van der Waals surface area contributed by atoms with Crippen molar-refractivity contribution in [3.05, 3.63) is 53.8 Å². The molecule has 0 N–H and O–H groups in total. The van der Waals surface area contributed by atoms with Crippen LogP contribution in [0.15, 0.2) is 45.6 Å². The molecule has 12 heteroatoms. The van der Waals surface area contributed by atoms with Crippen LogP contribution in [0.2, 0.25) is 0 Å². The van der Waals surface area contributed by atoms with E-state index in [9.17, 15) is 26.3 Å². The van der Waals surface area contributed by atoms with Crippen molar-refractivity contribution >= 4 is 5.69 Å². The van der Waals surface area contributed by atoms with Gasteiger partial charge in [-0.25, -0.2) is 0 Å². The minimum absolute atomic E-state index is 0.0171. The van der Waals surface area contributed by atoms with Crippen LogP contribution in [0, 0.1) is 11.3 Å². The van der Waals surface area contributed by atoms with E-state index in [0.717, 1.165) is 12.1 Å². The fraction of sp³-hybridized carbons (Fsp3) is 0.235. The molecule has 0 bridgehead atoms. The minimum atomic E-state index is -4.91. The molecule has 0 radical (unpaired) electrons. The number of furan rings is 1. The summed E-state index contributed by atoms with van der Waals surface area (Å²) in [5, 5.41) is 16.2. The van der Waals surface area contributed by atoms with Crippen molar-refractivity contribution in [2.45, 2.75) is 18.9 Å². The van der Waals surface area contributed by atoms with Crippen LogP contribution in [0.4, 0.5) is 32.0 Å². The maximum Gasteiger partial charge on any atom is 0.417 e. The summed E-state index contributed by atoms with van der Waals surface area (Å²) in [6.07, 6.45) is -7.03. The summed E-state index contributed by atoms with van der Waals surface area (Å²) in [6, 6.07) is 5.15. The van der Waals surface area contributed by atoms with Gasteiger partial charge < -0.3 is 13.7 Å². The van der Waals surface area contributed by atoms with Gasteiger partial charge in [0.1, 0.15) is 12.8 Å². The van der Waals surface area contributed by atoms with Gasteiger partial charge in [0.15, 0.2) is 0 Å². The third kappa shape index (κ3) is 4.87. The highest BCUT2D eigenvalue weighted by atomic mass is 19.4. The number of anilines is 1. The molecule has 3 rings (SSSR count). The van der Waals surface area contributed by atoms with E-state index in [0.29, 0.717) is 16.5 Å². The summed E-state index contributed by atoms with van der Waals surface area (Å²) in [4.78, 5) is 0.600. The van der Waals surface area contributed by atoms with Gasteiger partial charge in [-0.15, -0.1) is 10.2 Å². The second-order valence-corrected chi connectivity index (χ2v) is 5.82. The molecule has 0 fully saturated rings. The van der Waals surface area contributed by atoms with Gasteiger partial charge in [0.25, 0.3) is 5.89 Å². The molecule has 6 nitrogen and oxygen atoms in total. The largest absolute Gasteiger partial charge is 0.472 e. The Morgan fingerprint density at radius 1 is 1.07 bits per heavy atom. The lowest BCUT2D eigenvalue weighted by molar-refractivity contribution is -0.137. The van der Waals surface area contributed by atoms with Crippen LogP contribution in [0.25, 0.3) is 11.5 Å². The number of halogens is 6. The molecule has 0 amide bonds. The molecule has 0 unspecified atom stereocenters. The van der Waals surface area contributed by atoms with E-state index in [1.54, 1.807) is 0 Å². The number of hydrogen-bond acceptors (Lipinski definition) is 6. The first-order valence-electron chi connectivity index (χ1n) is 7.85. The summed E-state index contributed by atoms with van der Waals surface area (Å²) in [5.41, 5.74) is -2.05. The zero-order valence-electron chi connectivity index (χ0n) is 14.3. The third-order valence-corrected chi connectivity index (χ3v) is 3.73. The Balaban J connectivity index is 1.95. The van der Waals surface area contributed by atoms with Crippen LogP contribution in [0.5, 0.6) is 0 Å². The Kier molecular flexibility index (Phi) is 5.23. The highest BCUT2D eigenvalue weighted by molar-refractivity contribution is 5.55. The molecule has 0 saturated carbocycles. The quantitative estimate of drug-likeness (QED) is 0.557. The van der Waals surface area contributed by atoms with Gasteiger partial charge in [-0.3, -0.25) is 0 Å². The SMILES string of the molecule is N#Cc1ccc(N(Cc2nnc(-c3ccoc3)o2)CC(F)(F)F)cc1C(F)(F)F. The summed E-state index contributed by atoms with van der Waals surface area (Å²) < 4.78 is 88.6. The van der Waals surface area contributed by atoms with Crippen molar-refractivity contribution in [3.8, 4) is 17.5 Å². The molecule has 2 heterocycles. The van der Waals surface area contributed by atoms with Crippen molar-refractivity contribution < 1.29 is 35.2 Å². The standard InChI is InChI=1S/C17H10F6N4O2/c18-16(19,20)9-27(7-14-25-26-15(29-14)11-3-4-28-8-11)12-2-1-10(6-24)13(5-12)17(21,22)23/h1-5,8H,7,9H2. The van der Waals surface area contributed by atoms with Crippen LogP contribution < -0.4 is 4.90 Å². The minimum Gasteiger partial charge on any atom is -0.472 e. The van der Waals surface area contributed by atoms with Gasteiger partial charge >= 0.3 is 12.4 Å².